The van der Waals surface area contributed by atoms with Crippen LogP contribution in [0.25, 0.3) is 0 Å². The average Bonchev–Trinajstić information content (AvgIpc) is 2.59. The van der Waals surface area contributed by atoms with Gasteiger partial charge in [0, 0.05) is 13.6 Å². The molecule has 0 amide bonds. The molecular weight excluding hydrogens is 248 g/mol. The van der Waals surface area contributed by atoms with Crippen LogP contribution in [0.1, 0.15) is 38.5 Å². The van der Waals surface area contributed by atoms with E-state index in [2.05, 4.69) is 10.4 Å². The van der Waals surface area contributed by atoms with Crippen LogP contribution in [0.2, 0.25) is 0 Å². The smallest absolute Gasteiger partial charge is 0.330 e. The number of aromatic nitrogens is 2. The van der Waals surface area contributed by atoms with Gasteiger partial charge in [-0.05, 0) is 12.8 Å². The second kappa shape index (κ2) is 5.56. The Labute approximate surface area is 111 Å². The fourth-order valence-corrected chi connectivity index (χ4v) is 2.55. The van der Waals surface area contributed by atoms with Crippen LogP contribution in [-0.2, 0) is 7.05 Å². The van der Waals surface area contributed by atoms with Crippen molar-refractivity contribution < 1.29 is 10.0 Å². The summed E-state index contributed by atoms with van der Waals surface area (Å²) in [7, 11) is 1.64. The van der Waals surface area contributed by atoms with Gasteiger partial charge in [-0.2, -0.15) is 0 Å². The number of nitrogens with zero attached hydrogens (tertiary/aromatic N) is 3. The summed E-state index contributed by atoms with van der Waals surface area (Å²) in [6, 6.07) is 0. The zero-order valence-corrected chi connectivity index (χ0v) is 11.1. The summed E-state index contributed by atoms with van der Waals surface area (Å²) >= 11 is 0. The van der Waals surface area contributed by atoms with E-state index in [0.717, 1.165) is 38.5 Å². The third-order valence-electron chi connectivity index (χ3n) is 3.63. The molecule has 2 rings (SSSR count). The zero-order chi connectivity index (χ0) is 13.9. The van der Waals surface area contributed by atoms with Crippen molar-refractivity contribution in [3.8, 4) is 0 Å². The molecule has 0 aliphatic heterocycles. The summed E-state index contributed by atoms with van der Waals surface area (Å²) in [5, 5.41) is 28.3. The van der Waals surface area contributed by atoms with Crippen molar-refractivity contribution in [2.24, 2.45) is 7.05 Å². The Kier molecular flexibility index (Phi) is 4.04. The number of hydrogen-bond acceptors (Lipinski definition) is 5. The van der Waals surface area contributed by atoms with Crippen LogP contribution in [-0.4, -0.2) is 32.0 Å². The van der Waals surface area contributed by atoms with E-state index in [9.17, 15) is 15.2 Å². The highest BCUT2D eigenvalue weighted by Crippen LogP contribution is 2.28. The molecule has 1 fully saturated rings. The van der Waals surface area contributed by atoms with E-state index in [4.69, 9.17) is 0 Å². The van der Waals surface area contributed by atoms with Crippen molar-refractivity contribution in [3.05, 3.63) is 16.3 Å². The van der Waals surface area contributed by atoms with Gasteiger partial charge < -0.3 is 10.4 Å². The number of aliphatic hydroxyl groups is 1. The number of aryl methyl sites for hydroxylation is 1. The van der Waals surface area contributed by atoms with Gasteiger partial charge in [0.1, 0.15) is 6.20 Å². The number of anilines is 1. The maximum atomic E-state index is 10.9. The summed E-state index contributed by atoms with van der Waals surface area (Å²) < 4.78 is 1.40. The predicted molar refractivity (Wildman–Crippen MR) is 71.0 cm³/mol. The third kappa shape index (κ3) is 3.44. The lowest BCUT2D eigenvalue weighted by molar-refractivity contribution is -0.384. The summed E-state index contributed by atoms with van der Waals surface area (Å²) in [6.45, 7) is 0.310. The van der Waals surface area contributed by atoms with Crippen molar-refractivity contribution in [1.82, 2.24) is 9.78 Å². The van der Waals surface area contributed by atoms with E-state index in [1.165, 1.54) is 10.9 Å². The predicted octanol–water partition coefficient (Wildman–Crippen LogP) is 1.83. The molecule has 0 atom stereocenters. The SMILES string of the molecule is Cn1cc([N+](=O)[O-])c(NCC2(O)CCCCCC2)n1. The van der Waals surface area contributed by atoms with E-state index < -0.39 is 10.5 Å². The minimum absolute atomic E-state index is 0.0558. The van der Waals surface area contributed by atoms with Crippen molar-refractivity contribution in [2.45, 2.75) is 44.1 Å². The zero-order valence-electron chi connectivity index (χ0n) is 11.1. The van der Waals surface area contributed by atoms with Gasteiger partial charge in [-0.3, -0.25) is 14.8 Å². The lowest BCUT2D eigenvalue weighted by Gasteiger charge is -2.26. The van der Waals surface area contributed by atoms with Crippen LogP contribution >= 0.6 is 0 Å². The van der Waals surface area contributed by atoms with Crippen molar-refractivity contribution in [3.63, 3.8) is 0 Å². The Bertz CT molecular complexity index is 450. The summed E-state index contributed by atoms with van der Waals surface area (Å²) in [5.41, 5.74) is -0.832. The molecule has 0 spiro atoms. The lowest BCUT2D eigenvalue weighted by Crippen LogP contribution is -2.36. The van der Waals surface area contributed by atoms with Crippen LogP contribution in [0.4, 0.5) is 11.5 Å². The Morgan fingerprint density at radius 1 is 1.47 bits per heavy atom. The van der Waals surface area contributed by atoms with Gasteiger partial charge in [0.05, 0.1) is 10.5 Å². The molecule has 1 heterocycles. The molecule has 1 aliphatic carbocycles. The van der Waals surface area contributed by atoms with Crippen LogP contribution < -0.4 is 5.32 Å². The van der Waals surface area contributed by atoms with Gasteiger partial charge >= 0.3 is 5.69 Å². The topological polar surface area (TPSA) is 93.2 Å². The monoisotopic (exact) mass is 268 g/mol. The number of nitro groups is 1. The first-order chi connectivity index (χ1) is 9.00. The summed E-state index contributed by atoms with van der Waals surface area (Å²) in [4.78, 5) is 10.4. The molecule has 19 heavy (non-hydrogen) atoms. The maximum absolute atomic E-state index is 10.9. The molecule has 106 valence electrons. The van der Waals surface area contributed by atoms with Gasteiger partial charge in [-0.1, -0.05) is 25.7 Å². The average molecular weight is 268 g/mol. The number of nitrogens with one attached hydrogen (secondary N) is 1. The Balaban J connectivity index is 2.03. The Morgan fingerprint density at radius 2 is 2.11 bits per heavy atom. The lowest BCUT2D eigenvalue weighted by atomic mass is 9.94. The van der Waals surface area contributed by atoms with E-state index in [-0.39, 0.29) is 11.5 Å². The van der Waals surface area contributed by atoms with E-state index >= 15 is 0 Å². The highest BCUT2D eigenvalue weighted by atomic mass is 16.6. The van der Waals surface area contributed by atoms with Crippen LogP contribution in [0, 0.1) is 10.1 Å². The second-order valence-corrected chi connectivity index (χ2v) is 5.29. The number of rotatable bonds is 4. The van der Waals surface area contributed by atoms with Gasteiger partial charge in [-0.15, -0.1) is 5.10 Å². The van der Waals surface area contributed by atoms with Gasteiger partial charge in [0.2, 0.25) is 5.82 Å². The number of hydrogen-bond donors (Lipinski definition) is 2. The minimum Gasteiger partial charge on any atom is -0.388 e. The van der Waals surface area contributed by atoms with E-state index in [1.807, 2.05) is 0 Å². The molecule has 0 bridgehead atoms. The highest BCUT2D eigenvalue weighted by Gasteiger charge is 2.29. The van der Waals surface area contributed by atoms with Crippen LogP contribution in [0.3, 0.4) is 0 Å². The fourth-order valence-electron chi connectivity index (χ4n) is 2.55. The summed E-state index contributed by atoms with van der Waals surface area (Å²) in [6.07, 6.45) is 7.13. The minimum atomic E-state index is -0.776. The molecule has 1 aromatic rings. The highest BCUT2D eigenvalue weighted by molar-refractivity contribution is 5.54. The first-order valence-electron chi connectivity index (χ1n) is 6.64. The van der Waals surface area contributed by atoms with E-state index in [1.54, 1.807) is 7.05 Å². The van der Waals surface area contributed by atoms with Gasteiger partial charge in [-0.25, -0.2) is 0 Å². The van der Waals surface area contributed by atoms with Gasteiger partial charge in [0.25, 0.3) is 0 Å². The van der Waals surface area contributed by atoms with Crippen molar-refractivity contribution >= 4 is 11.5 Å². The Morgan fingerprint density at radius 3 is 2.68 bits per heavy atom. The summed E-state index contributed by atoms with van der Waals surface area (Å²) in [5.74, 6) is 0.227. The molecule has 0 radical (unpaired) electrons. The fraction of sp³-hybridized carbons (Fsp3) is 0.750. The normalized spacial score (nSPS) is 18.8. The molecule has 0 unspecified atom stereocenters. The van der Waals surface area contributed by atoms with Crippen molar-refractivity contribution in [2.75, 3.05) is 11.9 Å². The second-order valence-electron chi connectivity index (χ2n) is 5.29. The molecule has 1 aromatic heterocycles. The maximum Gasteiger partial charge on any atom is 0.330 e. The molecule has 1 saturated carbocycles. The largest absolute Gasteiger partial charge is 0.388 e. The molecule has 7 nitrogen and oxygen atoms in total. The third-order valence-corrected chi connectivity index (χ3v) is 3.63. The molecule has 0 saturated heterocycles. The van der Waals surface area contributed by atoms with E-state index in [0.29, 0.717) is 6.54 Å². The first-order valence-corrected chi connectivity index (χ1v) is 6.64. The molecule has 2 N–H and O–H groups in total. The van der Waals surface area contributed by atoms with Crippen molar-refractivity contribution in [1.29, 1.82) is 0 Å². The molecule has 1 aliphatic rings. The first kappa shape index (κ1) is 13.8. The molecule has 7 heteroatoms. The Hall–Kier alpha value is -1.63. The van der Waals surface area contributed by atoms with Crippen LogP contribution in [0.5, 0.6) is 0 Å². The quantitative estimate of drug-likeness (QED) is 0.493. The molecule has 0 aromatic carbocycles. The molecular formula is C12H20N4O3. The van der Waals surface area contributed by atoms with Crippen LogP contribution in [0.15, 0.2) is 6.20 Å². The van der Waals surface area contributed by atoms with Gasteiger partial charge in [0.15, 0.2) is 0 Å². The standard InChI is InChI=1S/C12H20N4O3/c1-15-8-10(16(18)19)11(14-15)13-9-12(17)6-4-2-3-5-7-12/h8,17H,2-7,9H2,1H3,(H,13,14).